The van der Waals surface area contributed by atoms with E-state index < -0.39 is 6.10 Å². The van der Waals surface area contributed by atoms with Crippen LogP contribution >= 0.6 is 11.6 Å². The van der Waals surface area contributed by atoms with Crippen molar-refractivity contribution < 1.29 is 5.11 Å². The summed E-state index contributed by atoms with van der Waals surface area (Å²) in [6, 6.07) is -0.327. The minimum atomic E-state index is -0.771. The van der Waals surface area contributed by atoms with Gasteiger partial charge < -0.3 is 15.4 Å². The van der Waals surface area contributed by atoms with E-state index >= 15 is 0 Å². The lowest BCUT2D eigenvalue weighted by molar-refractivity contribution is 0.114. The Morgan fingerprint density at radius 1 is 1.57 bits per heavy atom. The molecule has 3 N–H and O–H groups in total. The van der Waals surface area contributed by atoms with Crippen LogP contribution < -0.4 is 5.73 Å². The Morgan fingerprint density at radius 3 is 2.50 bits per heavy atom. The van der Waals surface area contributed by atoms with Crippen molar-refractivity contribution in [3.8, 4) is 0 Å². The first-order valence-corrected chi connectivity index (χ1v) is 4.93. The fourth-order valence-corrected chi connectivity index (χ4v) is 1.35. The third-order valence-electron chi connectivity index (χ3n) is 2.37. The molecular weight excluding hydrogens is 202 g/mol. The van der Waals surface area contributed by atoms with E-state index in [9.17, 15) is 5.11 Å². The first kappa shape index (κ1) is 11.5. The molecule has 0 bridgehead atoms. The van der Waals surface area contributed by atoms with Gasteiger partial charge in [0.2, 0.25) is 0 Å². The summed E-state index contributed by atoms with van der Waals surface area (Å²) in [6.07, 6.45) is 0.736. The van der Waals surface area contributed by atoms with Gasteiger partial charge in [-0.25, -0.2) is 4.98 Å². The molecule has 1 aromatic heterocycles. The number of aliphatic hydroxyl groups excluding tert-OH is 1. The Bertz CT molecular complexity index is 311. The Kier molecular flexibility index (Phi) is 3.53. The molecule has 4 nitrogen and oxygen atoms in total. The van der Waals surface area contributed by atoms with Crippen LogP contribution in [0.15, 0.2) is 6.20 Å². The van der Waals surface area contributed by atoms with Crippen LogP contribution in [0.4, 0.5) is 0 Å². The average molecular weight is 218 g/mol. The fraction of sp³-hybridized carbons (Fsp3) is 0.667. The second-order valence-electron chi connectivity index (χ2n) is 3.76. The van der Waals surface area contributed by atoms with Crippen molar-refractivity contribution in [2.45, 2.75) is 26.0 Å². The van der Waals surface area contributed by atoms with Gasteiger partial charge >= 0.3 is 0 Å². The number of nitrogens with zero attached hydrogens (tertiary/aromatic N) is 2. The Morgan fingerprint density at radius 2 is 2.14 bits per heavy atom. The molecular formula is C9H16ClN3O. The summed E-state index contributed by atoms with van der Waals surface area (Å²) in [5, 5.41) is 10.4. The minimum Gasteiger partial charge on any atom is -0.384 e. The van der Waals surface area contributed by atoms with Gasteiger partial charge in [0.15, 0.2) is 0 Å². The monoisotopic (exact) mass is 217 g/mol. The van der Waals surface area contributed by atoms with Gasteiger partial charge in [0.1, 0.15) is 17.1 Å². The number of halogens is 1. The van der Waals surface area contributed by atoms with Gasteiger partial charge in [-0.05, 0) is 5.92 Å². The molecule has 1 heterocycles. The van der Waals surface area contributed by atoms with E-state index in [1.807, 2.05) is 13.8 Å². The van der Waals surface area contributed by atoms with Crippen molar-refractivity contribution in [1.29, 1.82) is 0 Å². The lowest BCUT2D eigenvalue weighted by Crippen LogP contribution is -2.34. The van der Waals surface area contributed by atoms with Crippen LogP contribution in [0, 0.1) is 5.92 Å². The van der Waals surface area contributed by atoms with Crippen molar-refractivity contribution in [2.24, 2.45) is 18.7 Å². The highest BCUT2D eigenvalue weighted by Gasteiger charge is 2.24. The summed E-state index contributed by atoms with van der Waals surface area (Å²) in [5.74, 6) is 0.705. The summed E-state index contributed by atoms with van der Waals surface area (Å²) in [4.78, 5) is 4.02. The topological polar surface area (TPSA) is 64.1 Å². The normalized spacial score (nSPS) is 15.9. The van der Waals surface area contributed by atoms with Crippen molar-refractivity contribution >= 4 is 11.6 Å². The van der Waals surface area contributed by atoms with E-state index in [-0.39, 0.29) is 12.0 Å². The van der Waals surface area contributed by atoms with E-state index in [1.54, 1.807) is 11.6 Å². The lowest BCUT2D eigenvalue weighted by Gasteiger charge is -2.21. The zero-order valence-corrected chi connectivity index (χ0v) is 9.36. The second-order valence-corrected chi connectivity index (χ2v) is 4.15. The average Bonchev–Trinajstić information content (AvgIpc) is 2.45. The molecule has 2 unspecified atom stereocenters. The maximum atomic E-state index is 9.89. The van der Waals surface area contributed by atoms with Crippen LogP contribution in [-0.2, 0) is 7.05 Å². The van der Waals surface area contributed by atoms with E-state index in [4.69, 9.17) is 17.3 Å². The molecule has 2 atom stereocenters. The molecule has 0 aromatic carbocycles. The van der Waals surface area contributed by atoms with E-state index in [1.165, 1.54) is 6.20 Å². The van der Waals surface area contributed by atoms with Crippen LogP contribution in [-0.4, -0.2) is 20.7 Å². The molecule has 14 heavy (non-hydrogen) atoms. The molecule has 80 valence electrons. The third-order valence-corrected chi connectivity index (χ3v) is 2.72. The molecule has 5 heteroatoms. The second kappa shape index (κ2) is 4.29. The van der Waals surface area contributed by atoms with Crippen molar-refractivity contribution in [3.05, 3.63) is 17.2 Å². The number of hydrogen-bond donors (Lipinski definition) is 2. The Balaban J connectivity index is 2.89. The zero-order chi connectivity index (χ0) is 10.9. The molecule has 0 saturated carbocycles. The Labute approximate surface area is 88.7 Å². The molecule has 0 fully saturated rings. The van der Waals surface area contributed by atoms with E-state index in [0.29, 0.717) is 11.0 Å². The number of aromatic nitrogens is 2. The van der Waals surface area contributed by atoms with Crippen LogP contribution in [0.25, 0.3) is 0 Å². The third kappa shape index (κ3) is 2.08. The predicted octanol–water partition coefficient (Wildman–Crippen LogP) is 1.09. The number of hydrogen-bond acceptors (Lipinski definition) is 3. The van der Waals surface area contributed by atoms with Crippen LogP contribution in [0.1, 0.15) is 25.8 Å². The molecule has 0 aliphatic heterocycles. The molecule has 0 aliphatic carbocycles. The van der Waals surface area contributed by atoms with Crippen molar-refractivity contribution in [3.63, 3.8) is 0 Å². The van der Waals surface area contributed by atoms with E-state index in [0.717, 1.165) is 0 Å². The van der Waals surface area contributed by atoms with Crippen molar-refractivity contribution in [2.75, 3.05) is 0 Å². The number of imidazole rings is 1. The molecule has 0 amide bonds. The predicted molar refractivity (Wildman–Crippen MR) is 56.0 cm³/mol. The molecule has 0 radical (unpaired) electrons. The van der Waals surface area contributed by atoms with Gasteiger partial charge in [0.25, 0.3) is 0 Å². The maximum Gasteiger partial charge on any atom is 0.140 e. The molecule has 0 spiro atoms. The molecule has 1 rings (SSSR count). The quantitative estimate of drug-likeness (QED) is 0.797. The smallest absolute Gasteiger partial charge is 0.140 e. The molecule has 0 aliphatic rings. The summed E-state index contributed by atoms with van der Waals surface area (Å²) >= 11 is 5.81. The lowest BCUT2D eigenvalue weighted by atomic mass is 9.99. The summed E-state index contributed by atoms with van der Waals surface area (Å²) < 4.78 is 1.63. The molecule has 0 saturated heterocycles. The highest BCUT2D eigenvalue weighted by molar-refractivity contribution is 6.29. The summed E-state index contributed by atoms with van der Waals surface area (Å²) in [7, 11) is 1.75. The molecule has 1 aromatic rings. The number of nitrogens with two attached hydrogens (primary N) is 1. The largest absolute Gasteiger partial charge is 0.384 e. The van der Waals surface area contributed by atoms with Crippen molar-refractivity contribution in [1.82, 2.24) is 9.55 Å². The van der Waals surface area contributed by atoms with Gasteiger partial charge in [-0.1, -0.05) is 25.4 Å². The van der Waals surface area contributed by atoms with Crippen LogP contribution in [0.3, 0.4) is 0 Å². The Hall–Kier alpha value is -0.580. The van der Waals surface area contributed by atoms with Gasteiger partial charge in [-0.3, -0.25) is 0 Å². The highest BCUT2D eigenvalue weighted by Crippen LogP contribution is 2.21. The minimum absolute atomic E-state index is 0.195. The fourth-order valence-electron chi connectivity index (χ4n) is 1.21. The van der Waals surface area contributed by atoms with Gasteiger partial charge in [0.05, 0.1) is 6.20 Å². The number of aliphatic hydroxyl groups is 1. The van der Waals surface area contributed by atoms with Gasteiger partial charge in [-0.15, -0.1) is 0 Å². The standard InChI is InChI=1S/C9H16ClN3O/c1-5(2)7(11)8(14)9-12-4-6(10)13(9)3/h4-5,7-8,14H,11H2,1-3H3. The maximum absolute atomic E-state index is 9.89. The number of rotatable bonds is 3. The van der Waals surface area contributed by atoms with Crippen LogP contribution in [0.5, 0.6) is 0 Å². The first-order valence-electron chi connectivity index (χ1n) is 4.56. The van der Waals surface area contributed by atoms with Gasteiger partial charge in [0, 0.05) is 13.1 Å². The highest BCUT2D eigenvalue weighted by atomic mass is 35.5. The SMILES string of the molecule is CC(C)C(N)C(O)c1ncc(Cl)n1C. The van der Waals surface area contributed by atoms with E-state index in [2.05, 4.69) is 4.98 Å². The van der Waals surface area contributed by atoms with Crippen LogP contribution in [0.2, 0.25) is 5.15 Å². The summed E-state index contributed by atoms with van der Waals surface area (Å²) in [5.41, 5.74) is 5.82. The zero-order valence-electron chi connectivity index (χ0n) is 8.61. The first-order chi connectivity index (χ1) is 6.45. The summed E-state index contributed by atoms with van der Waals surface area (Å²) in [6.45, 7) is 3.91. The van der Waals surface area contributed by atoms with Gasteiger partial charge in [-0.2, -0.15) is 0 Å².